The van der Waals surface area contributed by atoms with Gasteiger partial charge in [0, 0.05) is 23.1 Å². The van der Waals surface area contributed by atoms with E-state index in [1.807, 2.05) is 54.6 Å². The molecule has 1 N–H and O–H groups in total. The molecule has 0 saturated heterocycles. The fourth-order valence-electron chi connectivity index (χ4n) is 3.04. The van der Waals surface area contributed by atoms with Gasteiger partial charge in [0.05, 0.1) is 10.6 Å². The van der Waals surface area contributed by atoms with Gasteiger partial charge >= 0.3 is 0 Å². The highest BCUT2D eigenvalue weighted by Crippen LogP contribution is 2.27. The molecule has 160 valence electrons. The van der Waals surface area contributed by atoms with Gasteiger partial charge in [-0.2, -0.15) is 0 Å². The lowest BCUT2D eigenvalue weighted by atomic mass is 10.1. The van der Waals surface area contributed by atoms with Crippen LogP contribution in [0.5, 0.6) is 5.75 Å². The Morgan fingerprint density at radius 1 is 0.969 bits per heavy atom. The largest absolute Gasteiger partial charge is 0.481 e. The van der Waals surface area contributed by atoms with Gasteiger partial charge < -0.3 is 4.74 Å². The highest BCUT2D eigenvalue weighted by Gasteiger charge is 2.17. The second kappa shape index (κ2) is 9.40. The quantitative estimate of drug-likeness (QED) is 0.287. The average Bonchev–Trinajstić information content (AvgIpc) is 3.28. The summed E-state index contributed by atoms with van der Waals surface area (Å²) in [4.78, 5) is 27.2. The third-order valence-electron chi connectivity index (χ3n) is 4.75. The van der Waals surface area contributed by atoms with E-state index in [-0.39, 0.29) is 11.6 Å². The highest BCUT2D eigenvalue weighted by molar-refractivity contribution is 7.14. The van der Waals surface area contributed by atoms with Crippen LogP contribution in [0.2, 0.25) is 0 Å². The lowest BCUT2D eigenvalue weighted by Gasteiger charge is -2.14. The van der Waals surface area contributed by atoms with Crippen molar-refractivity contribution in [3.05, 3.63) is 94.4 Å². The van der Waals surface area contributed by atoms with Crippen LogP contribution in [-0.2, 0) is 4.79 Å². The molecule has 0 aliphatic carbocycles. The molecule has 0 aliphatic heterocycles. The number of nitro groups is 1. The van der Waals surface area contributed by atoms with E-state index in [4.69, 9.17) is 4.74 Å². The Morgan fingerprint density at radius 2 is 1.59 bits per heavy atom. The summed E-state index contributed by atoms with van der Waals surface area (Å²) in [6.45, 7) is 1.67. The smallest absolute Gasteiger partial charge is 0.269 e. The van der Waals surface area contributed by atoms with E-state index in [1.165, 1.54) is 23.5 Å². The molecule has 8 heteroatoms. The number of nitrogens with one attached hydrogen (secondary N) is 1. The zero-order chi connectivity index (χ0) is 22.5. The average molecular weight is 446 g/mol. The maximum absolute atomic E-state index is 12.5. The van der Waals surface area contributed by atoms with Crippen LogP contribution in [0.3, 0.4) is 0 Å². The summed E-state index contributed by atoms with van der Waals surface area (Å²) in [5.41, 5.74) is 3.55. The van der Waals surface area contributed by atoms with Gasteiger partial charge in [-0.05, 0) is 42.3 Å². The zero-order valence-corrected chi connectivity index (χ0v) is 17.9. The molecular formula is C24H19N3O4S. The van der Waals surface area contributed by atoms with Gasteiger partial charge in [-0.3, -0.25) is 20.2 Å². The van der Waals surface area contributed by atoms with Gasteiger partial charge in [0.1, 0.15) is 5.75 Å². The SMILES string of the molecule is C[C@H](Oc1ccc(-c2ccccc2)cc1)C(=O)Nc1nc(-c2ccc([N+](=O)[O-])cc2)cs1. The number of ether oxygens (including phenoxy) is 1. The molecule has 32 heavy (non-hydrogen) atoms. The Labute approximate surface area is 188 Å². The molecule has 1 aromatic heterocycles. The monoisotopic (exact) mass is 445 g/mol. The Hall–Kier alpha value is -4.04. The molecule has 4 rings (SSSR count). The summed E-state index contributed by atoms with van der Waals surface area (Å²) in [5, 5.41) is 15.7. The highest BCUT2D eigenvalue weighted by atomic mass is 32.1. The second-order valence-electron chi connectivity index (χ2n) is 6.98. The number of benzene rings is 3. The number of amides is 1. The number of non-ortho nitro benzene ring substituents is 1. The molecule has 4 aromatic rings. The molecule has 0 bridgehead atoms. The first-order valence-electron chi connectivity index (χ1n) is 9.83. The molecule has 0 aliphatic rings. The Kier molecular flexibility index (Phi) is 6.23. The van der Waals surface area contributed by atoms with E-state index in [1.54, 1.807) is 24.4 Å². The van der Waals surface area contributed by atoms with Crippen LogP contribution in [0, 0.1) is 10.1 Å². The number of carbonyl (C=O) groups excluding carboxylic acids is 1. The standard InChI is InChI=1S/C24H19N3O4S/c1-16(31-21-13-9-18(10-14-21)17-5-3-2-4-6-17)23(28)26-24-25-22(15-32-24)19-7-11-20(12-8-19)27(29)30/h2-16H,1H3,(H,25,26,28)/t16-/m0/s1. The number of hydrogen-bond acceptors (Lipinski definition) is 6. The fourth-order valence-corrected chi connectivity index (χ4v) is 3.76. The minimum atomic E-state index is -0.718. The Morgan fingerprint density at radius 3 is 2.25 bits per heavy atom. The number of aromatic nitrogens is 1. The Balaban J connectivity index is 1.36. The van der Waals surface area contributed by atoms with Gasteiger partial charge in [0.2, 0.25) is 0 Å². The summed E-state index contributed by atoms with van der Waals surface area (Å²) >= 11 is 1.27. The van der Waals surface area contributed by atoms with Crippen LogP contribution in [0.1, 0.15) is 6.92 Å². The summed E-state index contributed by atoms with van der Waals surface area (Å²) in [5.74, 6) is 0.278. The van der Waals surface area contributed by atoms with Gasteiger partial charge in [0.15, 0.2) is 11.2 Å². The van der Waals surface area contributed by atoms with Gasteiger partial charge in [-0.15, -0.1) is 11.3 Å². The molecule has 0 saturated carbocycles. The normalized spacial score (nSPS) is 11.5. The van der Waals surface area contributed by atoms with Crippen molar-refractivity contribution in [3.8, 4) is 28.1 Å². The number of nitrogens with zero attached hydrogens (tertiary/aromatic N) is 2. The predicted octanol–water partition coefficient (Wildman–Crippen LogP) is 5.79. The Bertz CT molecular complexity index is 1220. The molecule has 3 aromatic carbocycles. The number of nitro benzene ring substituents is 1. The van der Waals surface area contributed by atoms with Crippen molar-refractivity contribution < 1.29 is 14.5 Å². The van der Waals surface area contributed by atoms with E-state index in [0.717, 1.165) is 16.7 Å². The lowest BCUT2D eigenvalue weighted by Crippen LogP contribution is -2.30. The van der Waals surface area contributed by atoms with E-state index >= 15 is 0 Å². The summed E-state index contributed by atoms with van der Waals surface area (Å²) in [7, 11) is 0. The third kappa shape index (κ3) is 4.98. The topological polar surface area (TPSA) is 94.4 Å². The second-order valence-corrected chi connectivity index (χ2v) is 7.84. The van der Waals surface area contributed by atoms with E-state index in [9.17, 15) is 14.9 Å². The first-order chi connectivity index (χ1) is 15.5. The minimum absolute atomic E-state index is 0.0141. The summed E-state index contributed by atoms with van der Waals surface area (Å²) in [6.07, 6.45) is -0.718. The van der Waals surface area contributed by atoms with E-state index in [2.05, 4.69) is 10.3 Å². The zero-order valence-electron chi connectivity index (χ0n) is 17.1. The van der Waals surface area contributed by atoms with Crippen LogP contribution in [0.4, 0.5) is 10.8 Å². The summed E-state index contributed by atoms with van der Waals surface area (Å²) < 4.78 is 5.77. The fraction of sp³-hybridized carbons (Fsp3) is 0.0833. The van der Waals surface area contributed by atoms with Crippen LogP contribution >= 0.6 is 11.3 Å². The number of thiazole rings is 1. The lowest BCUT2D eigenvalue weighted by molar-refractivity contribution is -0.384. The van der Waals surface area contributed by atoms with Crippen molar-refractivity contribution in [1.82, 2.24) is 4.98 Å². The maximum atomic E-state index is 12.5. The molecular weight excluding hydrogens is 426 g/mol. The molecule has 1 heterocycles. The first kappa shape index (κ1) is 21.2. The van der Waals surface area contributed by atoms with Crippen molar-refractivity contribution in [1.29, 1.82) is 0 Å². The van der Waals surface area contributed by atoms with Crippen LogP contribution in [0.15, 0.2) is 84.2 Å². The molecule has 1 atom stereocenters. The number of anilines is 1. The molecule has 7 nitrogen and oxygen atoms in total. The third-order valence-corrected chi connectivity index (χ3v) is 5.51. The van der Waals surface area contributed by atoms with Crippen molar-refractivity contribution >= 4 is 28.1 Å². The van der Waals surface area contributed by atoms with Crippen molar-refractivity contribution in [3.63, 3.8) is 0 Å². The molecule has 0 spiro atoms. The van der Waals surface area contributed by atoms with Crippen LogP contribution in [0.25, 0.3) is 22.4 Å². The molecule has 1 amide bonds. The van der Waals surface area contributed by atoms with E-state index in [0.29, 0.717) is 16.6 Å². The van der Waals surface area contributed by atoms with Gasteiger partial charge in [-0.1, -0.05) is 42.5 Å². The van der Waals surface area contributed by atoms with Crippen LogP contribution in [-0.4, -0.2) is 21.9 Å². The van der Waals surface area contributed by atoms with Crippen LogP contribution < -0.4 is 10.1 Å². The van der Waals surface area contributed by atoms with E-state index < -0.39 is 11.0 Å². The number of hydrogen-bond donors (Lipinski definition) is 1. The number of carbonyl (C=O) groups is 1. The molecule has 0 fully saturated rings. The van der Waals surface area contributed by atoms with Gasteiger partial charge in [-0.25, -0.2) is 4.98 Å². The molecule has 0 unspecified atom stereocenters. The molecule has 0 radical (unpaired) electrons. The van der Waals surface area contributed by atoms with Gasteiger partial charge in [0.25, 0.3) is 11.6 Å². The summed E-state index contributed by atoms with van der Waals surface area (Å²) in [6, 6.07) is 23.7. The minimum Gasteiger partial charge on any atom is -0.481 e. The first-order valence-corrected chi connectivity index (χ1v) is 10.7. The van der Waals surface area contributed by atoms with Crippen molar-refractivity contribution in [2.24, 2.45) is 0 Å². The van der Waals surface area contributed by atoms with Crippen molar-refractivity contribution in [2.75, 3.05) is 5.32 Å². The number of rotatable bonds is 7. The van der Waals surface area contributed by atoms with Crippen molar-refractivity contribution in [2.45, 2.75) is 13.0 Å². The maximum Gasteiger partial charge on any atom is 0.269 e. The predicted molar refractivity (Wildman–Crippen MR) is 125 cm³/mol.